The van der Waals surface area contributed by atoms with Gasteiger partial charge in [-0.3, -0.25) is 4.79 Å². The summed E-state index contributed by atoms with van der Waals surface area (Å²) in [5.74, 6) is 0.242. The van der Waals surface area contributed by atoms with E-state index in [4.69, 9.17) is 11.6 Å². The number of nitrogens with zero attached hydrogens (tertiary/aromatic N) is 4. The largest absolute Gasteiger partial charge is 0.417 e. The number of hydrogen-bond donors (Lipinski definition) is 1. The first-order valence-electron chi connectivity index (χ1n) is 10.5. The zero-order valence-electron chi connectivity index (χ0n) is 17.4. The van der Waals surface area contributed by atoms with Gasteiger partial charge in [-0.25, -0.2) is 4.98 Å². The number of carbonyl (C=O) groups excluding carboxylic acids is 1. The van der Waals surface area contributed by atoms with Crippen LogP contribution in [-0.2, 0) is 0 Å². The highest BCUT2D eigenvalue weighted by Gasteiger charge is 2.55. The Morgan fingerprint density at radius 1 is 0.938 bits per heavy atom. The summed E-state index contributed by atoms with van der Waals surface area (Å²) in [5, 5.41) is 10.5. The minimum Gasteiger partial charge on any atom is -0.380 e. The van der Waals surface area contributed by atoms with Crippen molar-refractivity contribution in [2.24, 2.45) is 0 Å². The SMILES string of the molecule is O=C(c1cccc(N2CCN(c3ccc(Cl)cc3)CC2)n1)N1CCC(O)(C(F)(F)F)CC1. The molecule has 1 aromatic heterocycles. The van der Waals surface area contributed by atoms with E-state index < -0.39 is 30.5 Å². The highest BCUT2D eigenvalue weighted by Crippen LogP contribution is 2.38. The fourth-order valence-electron chi connectivity index (χ4n) is 4.09. The molecule has 2 saturated heterocycles. The molecule has 0 atom stereocenters. The van der Waals surface area contributed by atoms with E-state index in [0.29, 0.717) is 10.8 Å². The number of benzene rings is 1. The molecule has 0 saturated carbocycles. The highest BCUT2D eigenvalue weighted by atomic mass is 35.5. The van der Waals surface area contributed by atoms with E-state index >= 15 is 0 Å². The van der Waals surface area contributed by atoms with Crippen LogP contribution in [0.1, 0.15) is 23.3 Å². The van der Waals surface area contributed by atoms with Gasteiger partial charge in [-0.05, 0) is 36.4 Å². The summed E-state index contributed by atoms with van der Waals surface area (Å²) in [4.78, 5) is 23.0. The van der Waals surface area contributed by atoms with Gasteiger partial charge >= 0.3 is 6.18 Å². The first-order chi connectivity index (χ1) is 15.2. The zero-order valence-corrected chi connectivity index (χ0v) is 18.1. The average molecular weight is 469 g/mol. The van der Waals surface area contributed by atoms with Crippen molar-refractivity contribution < 1.29 is 23.1 Å². The van der Waals surface area contributed by atoms with E-state index in [9.17, 15) is 23.1 Å². The van der Waals surface area contributed by atoms with Crippen molar-refractivity contribution in [3.05, 3.63) is 53.2 Å². The van der Waals surface area contributed by atoms with Gasteiger partial charge < -0.3 is 19.8 Å². The normalized spacial score (nSPS) is 19.2. The first-order valence-corrected chi connectivity index (χ1v) is 10.8. The fourth-order valence-corrected chi connectivity index (χ4v) is 4.22. The summed E-state index contributed by atoms with van der Waals surface area (Å²) in [7, 11) is 0. The molecule has 2 fully saturated rings. The van der Waals surface area contributed by atoms with E-state index in [1.54, 1.807) is 12.1 Å². The Bertz CT molecular complexity index is 954. The molecule has 4 rings (SSSR count). The van der Waals surface area contributed by atoms with Crippen molar-refractivity contribution in [2.75, 3.05) is 49.1 Å². The molecule has 2 aromatic rings. The molecule has 0 radical (unpaired) electrons. The van der Waals surface area contributed by atoms with Gasteiger partial charge in [0, 0.05) is 62.8 Å². The second kappa shape index (κ2) is 8.78. The molecule has 1 amide bonds. The minimum absolute atomic E-state index is 0.166. The molecule has 0 aliphatic carbocycles. The monoisotopic (exact) mass is 468 g/mol. The molecule has 10 heteroatoms. The molecule has 1 N–H and O–H groups in total. The quantitative estimate of drug-likeness (QED) is 0.746. The number of piperazine rings is 1. The van der Waals surface area contributed by atoms with Crippen LogP contribution < -0.4 is 9.80 Å². The van der Waals surface area contributed by atoms with Crippen LogP contribution in [0, 0.1) is 0 Å². The third kappa shape index (κ3) is 4.63. The Morgan fingerprint density at radius 2 is 1.53 bits per heavy atom. The predicted octanol–water partition coefficient (Wildman–Crippen LogP) is 3.59. The number of carbonyl (C=O) groups is 1. The molecule has 0 bridgehead atoms. The summed E-state index contributed by atoms with van der Waals surface area (Å²) in [6.45, 7) is 2.67. The van der Waals surface area contributed by atoms with Crippen molar-refractivity contribution in [1.29, 1.82) is 0 Å². The molecule has 3 heterocycles. The summed E-state index contributed by atoms with van der Waals surface area (Å²) >= 11 is 5.96. The number of amides is 1. The molecular weight excluding hydrogens is 445 g/mol. The third-order valence-electron chi connectivity index (χ3n) is 6.15. The lowest BCUT2D eigenvalue weighted by Crippen LogP contribution is -2.54. The number of aromatic nitrogens is 1. The van der Waals surface area contributed by atoms with Gasteiger partial charge in [0.25, 0.3) is 5.91 Å². The van der Waals surface area contributed by atoms with Crippen LogP contribution in [0.15, 0.2) is 42.5 Å². The lowest BCUT2D eigenvalue weighted by Gasteiger charge is -2.39. The van der Waals surface area contributed by atoms with Gasteiger partial charge in [-0.2, -0.15) is 13.2 Å². The minimum atomic E-state index is -4.70. The van der Waals surface area contributed by atoms with E-state index in [1.807, 2.05) is 30.3 Å². The van der Waals surface area contributed by atoms with Crippen molar-refractivity contribution >= 4 is 29.0 Å². The molecule has 2 aliphatic rings. The standard InChI is InChI=1S/C22H24ClF3N4O2/c23-16-4-6-17(7-5-16)28-12-14-29(15-13-28)19-3-1-2-18(27-19)20(31)30-10-8-21(32,9-11-30)22(24,25)26/h1-7,32H,8-15H2. The molecule has 1 aromatic carbocycles. The summed E-state index contributed by atoms with van der Waals surface area (Å²) in [6, 6.07) is 12.8. The van der Waals surface area contributed by atoms with E-state index in [-0.39, 0.29) is 18.8 Å². The number of halogens is 4. The lowest BCUT2D eigenvalue weighted by atomic mass is 9.90. The number of alkyl halides is 3. The summed E-state index contributed by atoms with van der Waals surface area (Å²) in [5.41, 5.74) is -1.45. The van der Waals surface area contributed by atoms with Crippen molar-refractivity contribution in [1.82, 2.24) is 9.88 Å². The maximum absolute atomic E-state index is 13.0. The van der Waals surface area contributed by atoms with Gasteiger partial charge in [0.1, 0.15) is 11.5 Å². The predicted molar refractivity (Wildman–Crippen MR) is 116 cm³/mol. The molecule has 172 valence electrons. The first kappa shape index (κ1) is 22.7. The number of likely N-dealkylation sites (tertiary alicyclic amines) is 1. The Labute approximate surface area is 189 Å². The second-order valence-electron chi connectivity index (χ2n) is 8.15. The van der Waals surface area contributed by atoms with Crippen molar-refractivity contribution in [2.45, 2.75) is 24.6 Å². The smallest absolute Gasteiger partial charge is 0.380 e. The summed E-state index contributed by atoms with van der Waals surface area (Å²) in [6.07, 6.45) is -5.77. The fraction of sp³-hybridized carbons (Fsp3) is 0.455. The Balaban J connectivity index is 1.38. The van der Waals surface area contributed by atoms with Crippen LogP contribution in [0.2, 0.25) is 5.02 Å². The van der Waals surface area contributed by atoms with Crippen molar-refractivity contribution in [3.8, 4) is 0 Å². The molecular formula is C22H24ClF3N4O2. The Hall–Kier alpha value is -2.52. The van der Waals surface area contributed by atoms with Crippen LogP contribution in [0.4, 0.5) is 24.7 Å². The molecule has 6 nitrogen and oxygen atoms in total. The molecule has 0 spiro atoms. The second-order valence-corrected chi connectivity index (χ2v) is 8.59. The van der Waals surface area contributed by atoms with E-state index in [2.05, 4.69) is 14.8 Å². The van der Waals surface area contributed by atoms with Crippen LogP contribution in [-0.4, -0.2) is 71.9 Å². The van der Waals surface area contributed by atoms with Gasteiger partial charge in [0.2, 0.25) is 0 Å². The number of aliphatic hydroxyl groups is 1. The van der Waals surface area contributed by atoms with Crippen LogP contribution in [0.25, 0.3) is 0 Å². The third-order valence-corrected chi connectivity index (χ3v) is 6.41. The molecule has 2 aliphatic heterocycles. The van der Waals surface area contributed by atoms with Crippen LogP contribution in [0.3, 0.4) is 0 Å². The molecule has 32 heavy (non-hydrogen) atoms. The zero-order chi connectivity index (χ0) is 22.9. The number of hydrogen-bond acceptors (Lipinski definition) is 5. The van der Waals surface area contributed by atoms with Gasteiger partial charge in [-0.15, -0.1) is 0 Å². The number of rotatable bonds is 3. The maximum Gasteiger partial charge on any atom is 0.417 e. The number of pyridine rings is 1. The summed E-state index contributed by atoms with van der Waals surface area (Å²) < 4.78 is 39.0. The molecule has 0 unspecified atom stereocenters. The van der Waals surface area contributed by atoms with Gasteiger partial charge in [-0.1, -0.05) is 17.7 Å². The Morgan fingerprint density at radius 3 is 2.12 bits per heavy atom. The van der Waals surface area contributed by atoms with Gasteiger partial charge in [0.15, 0.2) is 5.60 Å². The van der Waals surface area contributed by atoms with E-state index in [0.717, 1.165) is 31.9 Å². The number of piperidine rings is 1. The highest BCUT2D eigenvalue weighted by molar-refractivity contribution is 6.30. The Kier molecular flexibility index (Phi) is 6.22. The van der Waals surface area contributed by atoms with Crippen molar-refractivity contribution in [3.63, 3.8) is 0 Å². The lowest BCUT2D eigenvalue weighted by molar-refractivity contribution is -0.271. The van der Waals surface area contributed by atoms with E-state index in [1.165, 1.54) is 4.90 Å². The number of anilines is 2. The maximum atomic E-state index is 13.0. The van der Waals surface area contributed by atoms with Gasteiger partial charge in [0.05, 0.1) is 0 Å². The van der Waals surface area contributed by atoms with Crippen LogP contribution >= 0.6 is 11.6 Å². The van der Waals surface area contributed by atoms with Crippen LogP contribution in [0.5, 0.6) is 0 Å². The average Bonchev–Trinajstić information content (AvgIpc) is 2.79. The topological polar surface area (TPSA) is 59.9 Å².